The van der Waals surface area contributed by atoms with Crippen LogP contribution in [-0.2, 0) is 6.42 Å². The normalized spacial score (nSPS) is 26.9. The van der Waals surface area contributed by atoms with Crippen LogP contribution in [0.5, 0.6) is 0 Å². The highest BCUT2D eigenvalue weighted by atomic mass is 19.1. The van der Waals surface area contributed by atoms with Crippen molar-refractivity contribution in [2.45, 2.75) is 37.7 Å². The molecule has 0 aromatic heterocycles. The van der Waals surface area contributed by atoms with Crippen LogP contribution in [0.4, 0.5) is 8.78 Å². The average Bonchev–Trinajstić information content (AvgIpc) is 2.93. The van der Waals surface area contributed by atoms with Crippen LogP contribution in [0.2, 0.25) is 0 Å². The van der Waals surface area contributed by atoms with Crippen LogP contribution >= 0.6 is 0 Å². The van der Waals surface area contributed by atoms with Gasteiger partial charge in [0.1, 0.15) is 11.6 Å². The molecule has 2 unspecified atom stereocenters. The molecule has 2 aromatic rings. The van der Waals surface area contributed by atoms with Crippen molar-refractivity contribution in [3.8, 4) is 0 Å². The summed E-state index contributed by atoms with van der Waals surface area (Å²) < 4.78 is 29.3. The molecule has 5 heteroatoms. The third-order valence-corrected chi connectivity index (χ3v) is 7.20. The van der Waals surface area contributed by atoms with Crippen molar-refractivity contribution in [2.24, 2.45) is 5.92 Å². The third kappa shape index (κ3) is 5.28. The smallest absolute Gasteiger partial charge is 0.129 e. The maximum absolute atomic E-state index is 14.7. The SMILES string of the molecule is CN1CCN(CC2CCCC/C(=C/c3ccccc3)C2(O)Cc2c(F)cccc2F)CC1. The zero-order valence-electron chi connectivity index (χ0n) is 18.9. The molecular formula is C27H34F2N2O. The minimum atomic E-state index is -1.29. The van der Waals surface area contributed by atoms with Gasteiger partial charge in [-0.3, -0.25) is 0 Å². The lowest BCUT2D eigenvalue weighted by Gasteiger charge is -2.42. The zero-order valence-corrected chi connectivity index (χ0v) is 18.9. The number of halogens is 2. The Morgan fingerprint density at radius 3 is 2.34 bits per heavy atom. The predicted octanol–water partition coefficient (Wildman–Crippen LogP) is 4.76. The average molecular weight is 441 g/mol. The number of hydrogen-bond acceptors (Lipinski definition) is 3. The minimum absolute atomic E-state index is 0.0146. The van der Waals surface area contributed by atoms with E-state index in [0.29, 0.717) is 0 Å². The first-order valence-electron chi connectivity index (χ1n) is 11.8. The van der Waals surface area contributed by atoms with E-state index in [1.807, 2.05) is 36.4 Å². The number of aliphatic hydroxyl groups is 1. The molecule has 1 aliphatic heterocycles. The van der Waals surface area contributed by atoms with Gasteiger partial charge in [-0.2, -0.15) is 0 Å². The molecule has 2 aliphatic rings. The lowest BCUT2D eigenvalue weighted by atomic mass is 9.74. The van der Waals surface area contributed by atoms with E-state index in [4.69, 9.17) is 0 Å². The van der Waals surface area contributed by atoms with Crippen molar-refractivity contribution in [3.05, 3.63) is 76.9 Å². The Morgan fingerprint density at radius 1 is 0.969 bits per heavy atom. The van der Waals surface area contributed by atoms with E-state index in [-0.39, 0.29) is 17.9 Å². The summed E-state index contributed by atoms with van der Waals surface area (Å²) in [7, 11) is 2.13. The molecule has 1 N–H and O–H groups in total. The first-order chi connectivity index (χ1) is 15.5. The molecule has 0 spiro atoms. The summed E-state index contributed by atoms with van der Waals surface area (Å²) in [5.74, 6) is -1.25. The number of hydrogen-bond donors (Lipinski definition) is 1. The van der Waals surface area contributed by atoms with Gasteiger partial charge in [0.15, 0.2) is 0 Å². The summed E-state index contributed by atoms with van der Waals surface area (Å²) in [6.07, 6.45) is 5.57. The minimum Gasteiger partial charge on any atom is -0.385 e. The maximum Gasteiger partial charge on any atom is 0.129 e. The summed E-state index contributed by atoms with van der Waals surface area (Å²) >= 11 is 0. The lowest BCUT2D eigenvalue weighted by molar-refractivity contribution is -0.00756. The number of piperazine rings is 1. The molecule has 2 atom stereocenters. The van der Waals surface area contributed by atoms with Crippen LogP contribution in [0, 0.1) is 17.6 Å². The Hall–Kier alpha value is -2.08. The molecule has 2 fully saturated rings. The van der Waals surface area contributed by atoms with Crippen molar-refractivity contribution >= 4 is 6.08 Å². The number of rotatable bonds is 5. The largest absolute Gasteiger partial charge is 0.385 e. The van der Waals surface area contributed by atoms with Gasteiger partial charge in [0.05, 0.1) is 5.60 Å². The van der Waals surface area contributed by atoms with Crippen molar-refractivity contribution in [1.82, 2.24) is 9.80 Å². The molecule has 32 heavy (non-hydrogen) atoms. The molecule has 4 rings (SSSR count). The van der Waals surface area contributed by atoms with E-state index >= 15 is 0 Å². The van der Waals surface area contributed by atoms with E-state index in [9.17, 15) is 13.9 Å². The summed E-state index contributed by atoms with van der Waals surface area (Å²) in [6.45, 7) is 4.65. The van der Waals surface area contributed by atoms with Gasteiger partial charge in [-0.25, -0.2) is 8.78 Å². The molecule has 0 amide bonds. The van der Waals surface area contributed by atoms with Crippen molar-refractivity contribution in [1.29, 1.82) is 0 Å². The third-order valence-electron chi connectivity index (χ3n) is 7.20. The van der Waals surface area contributed by atoms with Gasteiger partial charge in [-0.1, -0.05) is 48.9 Å². The Balaban J connectivity index is 1.72. The van der Waals surface area contributed by atoms with Gasteiger partial charge >= 0.3 is 0 Å². The van der Waals surface area contributed by atoms with Crippen molar-refractivity contribution in [2.75, 3.05) is 39.8 Å². The molecular weight excluding hydrogens is 406 g/mol. The fourth-order valence-electron chi connectivity index (χ4n) is 5.18. The number of nitrogens with zero attached hydrogens (tertiary/aromatic N) is 2. The first kappa shape index (κ1) is 23.1. The molecule has 0 radical (unpaired) electrons. The molecule has 172 valence electrons. The molecule has 1 heterocycles. The Morgan fingerprint density at radius 2 is 1.66 bits per heavy atom. The Bertz CT molecular complexity index is 904. The fourth-order valence-corrected chi connectivity index (χ4v) is 5.18. The predicted molar refractivity (Wildman–Crippen MR) is 125 cm³/mol. The monoisotopic (exact) mass is 440 g/mol. The second-order valence-corrected chi connectivity index (χ2v) is 9.43. The summed E-state index contributed by atoms with van der Waals surface area (Å²) in [6, 6.07) is 13.9. The Kier molecular flexibility index (Phi) is 7.39. The van der Waals surface area contributed by atoms with E-state index in [1.54, 1.807) is 0 Å². The molecule has 1 saturated heterocycles. The molecule has 3 nitrogen and oxygen atoms in total. The lowest BCUT2D eigenvalue weighted by Crippen LogP contribution is -2.51. The summed E-state index contributed by atoms with van der Waals surface area (Å²) in [4.78, 5) is 4.71. The van der Waals surface area contributed by atoms with Gasteiger partial charge in [0, 0.05) is 50.6 Å². The van der Waals surface area contributed by atoms with Gasteiger partial charge in [-0.15, -0.1) is 0 Å². The van der Waals surface area contributed by atoms with Crippen LogP contribution < -0.4 is 0 Å². The van der Waals surface area contributed by atoms with Gasteiger partial charge < -0.3 is 14.9 Å². The second-order valence-electron chi connectivity index (χ2n) is 9.43. The van der Waals surface area contributed by atoms with E-state index in [2.05, 4.69) is 16.8 Å². The van der Waals surface area contributed by atoms with Crippen LogP contribution in [0.1, 0.15) is 36.8 Å². The highest BCUT2D eigenvalue weighted by Crippen LogP contribution is 2.41. The standard InChI is InChI=1S/C27H34F2N2O/c1-30-14-16-31(17-15-30)20-23-11-6-5-10-22(18-21-8-3-2-4-9-21)27(23,32)19-24-25(28)12-7-13-26(24)29/h2-4,7-9,12-13,18,23,32H,5-6,10-11,14-17,19-20H2,1H3/b22-18-. The fraction of sp³-hybridized carbons (Fsp3) is 0.481. The van der Waals surface area contributed by atoms with E-state index < -0.39 is 17.2 Å². The maximum atomic E-state index is 14.7. The molecule has 1 saturated carbocycles. The second kappa shape index (κ2) is 10.2. The molecule has 1 aliphatic carbocycles. The first-order valence-corrected chi connectivity index (χ1v) is 11.8. The van der Waals surface area contributed by atoms with E-state index in [0.717, 1.165) is 69.5 Å². The zero-order chi connectivity index (χ0) is 22.6. The van der Waals surface area contributed by atoms with E-state index in [1.165, 1.54) is 18.2 Å². The summed E-state index contributed by atoms with van der Waals surface area (Å²) in [5, 5.41) is 12.3. The highest BCUT2D eigenvalue weighted by Gasteiger charge is 2.43. The van der Waals surface area contributed by atoms with Crippen LogP contribution in [-0.4, -0.2) is 60.3 Å². The van der Waals surface area contributed by atoms with Gasteiger partial charge in [0.2, 0.25) is 0 Å². The van der Waals surface area contributed by atoms with Gasteiger partial charge in [-0.05, 0) is 49.6 Å². The molecule has 0 bridgehead atoms. The van der Waals surface area contributed by atoms with Crippen molar-refractivity contribution in [3.63, 3.8) is 0 Å². The number of benzene rings is 2. The van der Waals surface area contributed by atoms with Gasteiger partial charge in [0.25, 0.3) is 0 Å². The topological polar surface area (TPSA) is 26.7 Å². The van der Waals surface area contributed by atoms with Crippen LogP contribution in [0.15, 0.2) is 54.1 Å². The number of likely N-dealkylation sites (N-methyl/N-ethyl adjacent to an activating group) is 1. The Labute approximate surface area is 190 Å². The van der Waals surface area contributed by atoms with Crippen LogP contribution in [0.3, 0.4) is 0 Å². The summed E-state index contributed by atoms with van der Waals surface area (Å²) in [5.41, 5.74) is 0.594. The van der Waals surface area contributed by atoms with Crippen molar-refractivity contribution < 1.29 is 13.9 Å². The molecule has 2 aromatic carbocycles. The van der Waals surface area contributed by atoms with Crippen LogP contribution in [0.25, 0.3) is 6.08 Å². The quantitative estimate of drug-likeness (QED) is 0.679. The highest BCUT2D eigenvalue weighted by molar-refractivity contribution is 5.56.